The second-order valence-corrected chi connectivity index (χ2v) is 24.5. The van der Waals surface area contributed by atoms with Gasteiger partial charge in [0.1, 0.15) is 66.2 Å². The van der Waals surface area contributed by atoms with Gasteiger partial charge in [-0.1, -0.05) is 92.2 Å². The summed E-state index contributed by atoms with van der Waals surface area (Å²) in [4.78, 5) is 172. The molecule has 4 aromatic rings. The molecule has 0 aromatic heterocycles. The molecule has 4 aromatic carbocycles. The van der Waals surface area contributed by atoms with Gasteiger partial charge in [-0.05, 0) is 110 Å². The van der Waals surface area contributed by atoms with Gasteiger partial charge >= 0.3 is 0 Å². The molecule has 512 valence electrons. The van der Waals surface area contributed by atoms with Crippen molar-refractivity contribution >= 4 is 99.2 Å². The summed E-state index contributed by atoms with van der Waals surface area (Å²) in [7, 11) is 0. The van der Waals surface area contributed by atoms with Gasteiger partial charge < -0.3 is 85.5 Å². The van der Waals surface area contributed by atoms with Crippen LogP contribution >= 0.6 is 11.6 Å². The van der Waals surface area contributed by atoms with Crippen LogP contribution in [0.25, 0.3) is 10.8 Å². The lowest BCUT2D eigenvalue weighted by Crippen LogP contribution is -2.61. The fourth-order valence-electron chi connectivity index (χ4n) is 10.9. The van der Waals surface area contributed by atoms with Crippen LogP contribution < -0.4 is 70.4 Å². The lowest BCUT2D eigenvalue weighted by Gasteiger charge is -2.31. The van der Waals surface area contributed by atoms with Crippen molar-refractivity contribution in [3.63, 3.8) is 0 Å². The Morgan fingerprint density at radius 3 is 1.91 bits per heavy atom. The molecule has 30 heteroatoms. The highest BCUT2D eigenvalue weighted by atomic mass is 35.5. The van der Waals surface area contributed by atoms with Crippen LogP contribution in [0.5, 0.6) is 5.75 Å². The summed E-state index contributed by atoms with van der Waals surface area (Å²) in [5.41, 5.74) is 18.0. The highest BCUT2D eigenvalue weighted by Crippen LogP contribution is 2.22. The number of aliphatic hydroxyl groups is 1. The van der Waals surface area contributed by atoms with E-state index in [9.17, 15) is 58.2 Å². The van der Waals surface area contributed by atoms with E-state index >= 15 is 9.59 Å². The van der Waals surface area contributed by atoms with Crippen LogP contribution in [-0.2, 0) is 76.8 Å². The number of benzene rings is 4. The van der Waals surface area contributed by atoms with Crippen LogP contribution in [0.1, 0.15) is 95.8 Å². The van der Waals surface area contributed by atoms with Crippen molar-refractivity contribution < 1.29 is 67.7 Å². The van der Waals surface area contributed by atoms with Crippen molar-refractivity contribution in [3.05, 3.63) is 113 Å². The van der Waals surface area contributed by atoms with E-state index in [1.807, 2.05) is 36.4 Å². The Hall–Kier alpha value is -9.90. The monoisotopic (exact) mass is 1340 g/mol. The molecule has 0 bridgehead atoms. The second-order valence-electron chi connectivity index (χ2n) is 24.0. The zero-order valence-electron chi connectivity index (χ0n) is 53.4. The Bertz CT molecular complexity index is 3440. The number of fused-ring (bicyclic) bond motifs is 1. The summed E-state index contributed by atoms with van der Waals surface area (Å²) in [6, 6.07) is 10.9. The number of carbonyl (C=O) groups is 12. The molecule has 2 aliphatic heterocycles. The van der Waals surface area contributed by atoms with E-state index in [4.69, 9.17) is 28.8 Å². The predicted molar refractivity (Wildman–Crippen MR) is 351 cm³/mol. The van der Waals surface area contributed by atoms with Crippen LogP contribution in [0.15, 0.2) is 96.0 Å². The maximum Gasteiger partial charge on any atom is 0.245 e. The van der Waals surface area contributed by atoms with Gasteiger partial charge in [-0.25, -0.2) is 0 Å². The number of nitrogens with two attached hydrogens (primary N) is 3. The lowest BCUT2D eigenvalue weighted by atomic mass is 9.98. The van der Waals surface area contributed by atoms with E-state index in [0.717, 1.165) is 17.7 Å². The molecule has 2 heterocycles. The minimum atomic E-state index is -1.81. The number of halogens is 1. The number of primary amides is 1. The molecule has 0 unspecified atom stereocenters. The zero-order chi connectivity index (χ0) is 69.5. The van der Waals surface area contributed by atoms with Crippen molar-refractivity contribution in [3.8, 4) is 5.75 Å². The van der Waals surface area contributed by atoms with Gasteiger partial charge in [0.05, 0.1) is 13.0 Å². The first-order valence-electron chi connectivity index (χ1n) is 31.4. The minimum Gasteiger partial charge on any atom is -0.508 e. The van der Waals surface area contributed by atoms with Crippen molar-refractivity contribution in [1.29, 1.82) is 0 Å². The molecule has 18 N–H and O–H groups in total. The summed E-state index contributed by atoms with van der Waals surface area (Å²) < 4.78 is 0. The number of rotatable bonds is 28. The molecule has 2 aliphatic rings. The van der Waals surface area contributed by atoms with Crippen LogP contribution in [0.4, 0.5) is 0 Å². The number of nitrogens with zero attached hydrogens (tertiary/aromatic N) is 2. The van der Waals surface area contributed by atoms with E-state index in [-0.39, 0.29) is 95.0 Å². The number of hydrogen-bond donors (Lipinski definition) is 15. The largest absolute Gasteiger partial charge is 0.508 e. The van der Waals surface area contributed by atoms with Crippen LogP contribution in [0, 0.1) is 5.92 Å². The lowest BCUT2D eigenvalue weighted by molar-refractivity contribution is -0.142. The number of amides is 12. The summed E-state index contributed by atoms with van der Waals surface area (Å²) in [5, 5.41) is 49.2. The van der Waals surface area contributed by atoms with E-state index in [2.05, 4.69) is 58.2 Å². The predicted octanol–water partition coefficient (Wildman–Crippen LogP) is -1.50. The van der Waals surface area contributed by atoms with Crippen LogP contribution in [0.3, 0.4) is 0 Å². The Morgan fingerprint density at radius 2 is 1.27 bits per heavy atom. The highest BCUT2D eigenvalue weighted by Gasteiger charge is 2.40. The number of carbonyl (C=O) groups excluding carboxylic acids is 12. The van der Waals surface area contributed by atoms with Crippen molar-refractivity contribution in [2.75, 3.05) is 26.2 Å². The Labute approximate surface area is 554 Å². The molecule has 2 saturated heterocycles. The molecule has 95 heavy (non-hydrogen) atoms. The van der Waals surface area contributed by atoms with Gasteiger partial charge in [0.2, 0.25) is 70.9 Å². The molecular weight excluding hydrogens is 1250 g/mol. The zero-order valence-corrected chi connectivity index (χ0v) is 54.2. The minimum absolute atomic E-state index is 0.0126. The Balaban J connectivity index is 1.28. The molecule has 10 atom stereocenters. The first-order valence-corrected chi connectivity index (χ1v) is 31.8. The highest BCUT2D eigenvalue weighted by molar-refractivity contribution is 6.30. The van der Waals surface area contributed by atoms with E-state index in [1.165, 1.54) is 36.1 Å². The molecule has 0 radical (unpaired) electrons. The van der Waals surface area contributed by atoms with Crippen molar-refractivity contribution in [1.82, 2.24) is 58.1 Å². The van der Waals surface area contributed by atoms with E-state index in [0.29, 0.717) is 28.1 Å². The molecule has 12 amide bonds. The van der Waals surface area contributed by atoms with Gasteiger partial charge in [-0.2, -0.15) is 0 Å². The fourth-order valence-corrected chi connectivity index (χ4v) is 11.0. The molecule has 29 nitrogen and oxygen atoms in total. The van der Waals surface area contributed by atoms with Gasteiger partial charge in [-0.3, -0.25) is 62.5 Å². The number of phenolic OH excluding ortho intramolecular Hbond substituents is 1. The average molecular weight is 1340 g/mol. The number of aliphatic hydroxyl groups excluding tert-OH is 1. The van der Waals surface area contributed by atoms with Gasteiger partial charge in [0, 0.05) is 50.8 Å². The van der Waals surface area contributed by atoms with Gasteiger partial charge in [-0.15, -0.1) is 0 Å². The molecule has 0 saturated carbocycles. The third-order valence-corrected chi connectivity index (χ3v) is 16.2. The number of aromatic hydroxyl groups is 1. The van der Waals surface area contributed by atoms with Crippen LogP contribution in [-0.4, -0.2) is 179 Å². The SMILES string of the molecule is CC(=O)N[C@@H]1CC(=O)NCCC[C@H](C(=O)N[C@@H](CO)C(=O)N[C@@H](Cc2ccc(O)cc2)C(=O)N[C@H](Cc2ccc3ccccc3c2)C(=O)N[C@@H](CC(C)C)C(=O)N[C@@H](CCCN=C(N)N)C(=O)N2CCC[C@H]2C(=O)N[C@H](C)C(N)=O)NC(=O)[C@@H](Cc2ccc(Cl)cc2)NC1=O. The number of phenols is 1. The number of nitrogens with one attached hydrogen (secondary N) is 10. The van der Waals surface area contributed by atoms with Crippen molar-refractivity contribution in [2.45, 2.75) is 159 Å². The van der Waals surface area contributed by atoms with Gasteiger partial charge in [0.15, 0.2) is 5.96 Å². The first-order chi connectivity index (χ1) is 45.2. The standard InChI is InChI=1S/C65H86ClN15O14/c1-35(2)28-47(57(88)75-46(13-8-26-71-65(68)69)64(95)81-27-9-14-53(81)63(94)72-36(3)55(67)86)76-60(91)50(32-40-15-20-41-10-5-6-11-42(41)29-40)78-59(90)49(31-39-18-23-44(84)24-19-39)79-62(93)52(34-82)80-56(87)45-12-7-25-70-54(85)33-51(73-37(4)83)61(92)77-48(58(89)74-45)30-38-16-21-43(66)22-17-38/h5-6,10-11,15-24,29,35-36,45-53,82,84H,7-9,12-14,25-28,30-34H2,1-4H3,(H2,67,86)(H,70,85)(H,72,94)(H,73,83)(H,74,89)(H,75,88)(H,76,91)(H,77,92)(H,78,90)(H,79,93)(H,80,87)(H4,68,69,71)/t36-,45-,46+,47+,48-,49+,50-,51-,52+,53+/m1/s1. The summed E-state index contributed by atoms with van der Waals surface area (Å²) >= 11 is 6.12. The Morgan fingerprint density at radius 1 is 0.674 bits per heavy atom. The van der Waals surface area contributed by atoms with Gasteiger partial charge in [0.25, 0.3) is 0 Å². The smallest absolute Gasteiger partial charge is 0.245 e. The summed E-state index contributed by atoms with van der Waals surface area (Å²) in [6.07, 6.45) is -0.365. The molecule has 2 fully saturated rings. The summed E-state index contributed by atoms with van der Waals surface area (Å²) in [6.45, 7) is 5.24. The Kier molecular flexibility index (Phi) is 28.1. The fraction of sp³-hybridized carbons (Fsp3) is 0.462. The molecule has 6 rings (SSSR count). The topological polar surface area (TPSA) is 459 Å². The maximum absolute atomic E-state index is 15.1. The number of guanidine groups is 1. The molecular formula is C65H86ClN15O14. The van der Waals surface area contributed by atoms with E-state index < -0.39 is 144 Å². The number of hydrogen-bond acceptors (Lipinski definition) is 15. The third-order valence-electron chi connectivity index (χ3n) is 15.9. The number of aliphatic imine (C=N–C) groups is 1. The third kappa shape index (κ3) is 23.3. The quantitative estimate of drug-likeness (QED) is 0.0175. The molecule has 0 spiro atoms. The maximum atomic E-state index is 15.1. The first kappa shape index (κ1) is 74.1. The average Bonchev–Trinajstić information content (AvgIpc) is 1.83. The normalized spacial score (nSPS) is 18.7. The molecule has 0 aliphatic carbocycles. The van der Waals surface area contributed by atoms with Crippen molar-refractivity contribution in [2.24, 2.45) is 28.1 Å². The van der Waals surface area contributed by atoms with E-state index in [1.54, 1.807) is 44.2 Å². The summed E-state index contributed by atoms with van der Waals surface area (Å²) in [5.74, 6) is -10.3. The number of likely N-dealkylation sites (tertiary alicyclic amines) is 1. The second kappa shape index (κ2) is 36.0. The van der Waals surface area contributed by atoms with Crippen LogP contribution in [0.2, 0.25) is 5.02 Å².